The predicted molar refractivity (Wildman–Crippen MR) is 126 cm³/mol. The van der Waals surface area contributed by atoms with Crippen molar-refractivity contribution in [3.05, 3.63) is 29.3 Å². The summed E-state index contributed by atoms with van der Waals surface area (Å²) in [7, 11) is 2.18. The lowest BCUT2D eigenvalue weighted by molar-refractivity contribution is 0.312. The Bertz CT molecular complexity index is 981. The topological polar surface area (TPSA) is 48.7 Å². The van der Waals surface area contributed by atoms with Gasteiger partial charge in [-0.15, -0.1) is 5.10 Å². The molecule has 2 aliphatic rings. The molecule has 8 heteroatoms. The van der Waals surface area contributed by atoms with Crippen LogP contribution in [0.15, 0.2) is 24.3 Å². The number of rotatable bonds is 4. The Morgan fingerprint density at radius 1 is 1.00 bits per heavy atom. The monoisotopic (exact) mass is 444 g/mol. The first-order valence-corrected chi connectivity index (χ1v) is 12.2. The summed E-state index contributed by atoms with van der Waals surface area (Å²) in [5, 5.41) is 10.7. The van der Waals surface area contributed by atoms with Crippen molar-refractivity contribution in [3.63, 3.8) is 0 Å². The van der Waals surface area contributed by atoms with Crippen LogP contribution < -0.4 is 10.2 Å². The molecule has 1 N–H and O–H groups in total. The maximum atomic E-state index is 6.13. The van der Waals surface area contributed by atoms with Gasteiger partial charge in [0.2, 0.25) is 10.1 Å². The van der Waals surface area contributed by atoms with Crippen LogP contribution in [0.5, 0.6) is 0 Å². The van der Waals surface area contributed by atoms with Crippen molar-refractivity contribution in [2.45, 2.75) is 44.6 Å². The molecule has 30 heavy (non-hydrogen) atoms. The minimum Gasteiger partial charge on any atom is -0.365 e. The zero-order chi connectivity index (χ0) is 20.5. The van der Waals surface area contributed by atoms with E-state index in [0.717, 1.165) is 58.4 Å². The number of benzene rings is 1. The fourth-order valence-electron chi connectivity index (χ4n) is 4.42. The van der Waals surface area contributed by atoms with Crippen molar-refractivity contribution in [2.75, 3.05) is 43.4 Å². The molecule has 5 rings (SSSR count). The van der Waals surface area contributed by atoms with Crippen molar-refractivity contribution < 1.29 is 0 Å². The second-order valence-corrected chi connectivity index (χ2v) is 9.89. The van der Waals surface area contributed by atoms with Gasteiger partial charge >= 0.3 is 0 Å². The first kappa shape index (κ1) is 20.1. The molecule has 1 aliphatic carbocycles. The number of piperazine rings is 1. The molecule has 0 amide bonds. The van der Waals surface area contributed by atoms with Gasteiger partial charge in [0.25, 0.3) is 0 Å². The summed E-state index contributed by atoms with van der Waals surface area (Å²) in [5.74, 6) is 1.02. The quantitative estimate of drug-likeness (QED) is 0.574. The fraction of sp³-hybridized carbons (Fsp3) is 0.545. The Labute approximate surface area is 186 Å². The number of nitrogens with zero attached hydrogens (tertiary/aromatic N) is 5. The molecule has 3 aromatic rings. The third-order valence-electron chi connectivity index (χ3n) is 6.28. The van der Waals surface area contributed by atoms with Crippen LogP contribution in [0.4, 0.5) is 10.9 Å². The number of halogens is 1. The van der Waals surface area contributed by atoms with Gasteiger partial charge in [0, 0.05) is 42.8 Å². The maximum Gasteiger partial charge on any atom is 0.216 e. The molecular formula is C22H29ClN6S. The van der Waals surface area contributed by atoms with Crippen LogP contribution in [0.2, 0.25) is 5.02 Å². The van der Waals surface area contributed by atoms with Gasteiger partial charge in [0.1, 0.15) is 5.69 Å². The highest BCUT2D eigenvalue weighted by Gasteiger charge is 2.24. The largest absolute Gasteiger partial charge is 0.365 e. The van der Waals surface area contributed by atoms with Gasteiger partial charge in [-0.05, 0) is 32.0 Å². The highest BCUT2D eigenvalue weighted by Crippen LogP contribution is 2.35. The lowest BCUT2D eigenvalue weighted by Crippen LogP contribution is -2.44. The van der Waals surface area contributed by atoms with E-state index in [1.807, 2.05) is 16.6 Å². The molecule has 0 bridgehead atoms. The Balaban J connectivity index is 1.51. The lowest BCUT2D eigenvalue weighted by atomic mass is 10.1. The van der Waals surface area contributed by atoms with E-state index in [4.69, 9.17) is 21.7 Å². The summed E-state index contributed by atoms with van der Waals surface area (Å²) in [6.45, 7) is 4.18. The maximum absolute atomic E-state index is 6.13. The van der Waals surface area contributed by atoms with Crippen molar-refractivity contribution in [3.8, 4) is 11.3 Å². The third kappa shape index (κ3) is 4.15. The van der Waals surface area contributed by atoms with E-state index in [2.05, 4.69) is 34.3 Å². The molecule has 6 nitrogen and oxygen atoms in total. The van der Waals surface area contributed by atoms with Gasteiger partial charge in [0.05, 0.1) is 0 Å². The van der Waals surface area contributed by atoms with E-state index < -0.39 is 0 Å². The van der Waals surface area contributed by atoms with Crippen molar-refractivity contribution in [1.82, 2.24) is 19.5 Å². The van der Waals surface area contributed by atoms with Crippen LogP contribution in [0, 0.1) is 0 Å². The summed E-state index contributed by atoms with van der Waals surface area (Å²) in [5.41, 5.74) is 2.05. The van der Waals surface area contributed by atoms with Gasteiger partial charge in [-0.25, -0.2) is 4.98 Å². The van der Waals surface area contributed by atoms with E-state index in [1.54, 1.807) is 11.3 Å². The van der Waals surface area contributed by atoms with E-state index in [1.165, 1.54) is 38.5 Å². The molecule has 2 aromatic heterocycles. The zero-order valence-corrected chi connectivity index (χ0v) is 19.1. The average Bonchev–Trinajstić information content (AvgIpc) is 3.18. The summed E-state index contributed by atoms with van der Waals surface area (Å²) < 4.78 is 2.03. The van der Waals surface area contributed by atoms with Crippen molar-refractivity contribution >= 4 is 38.8 Å². The standard InChI is InChI=1S/C22H29ClN6S/c1-27-12-14-28(15-13-27)22-26-29-20(24-18-6-4-2-3-5-7-18)19(25-21(29)30-22)16-8-10-17(23)11-9-16/h8-11,18,24H,2-7,12-15H2,1H3. The molecule has 3 heterocycles. The molecule has 0 unspecified atom stereocenters. The average molecular weight is 445 g/mol. The summed E-state index contributed by atoms with van der Waals surface area (Å²) in [4.78, 5) is 10.7. The first-order valence-electron chi connectivity index (χ1n) is 11.0. The Morgan fingerprint density at radius 2 is 1.70 bits per heavy atom. The molecule has 1 saturated heterocycles. The second-order valence-electron chi connectivity index (χ2n) is 8.52. The molecule has 0 radical (unpaired) electrons. The minimum absolute atomic E-state index is 0.479. The number of fused-ring (bicyclic) bond motifs is 1. The smallest absolute Gasteiger partial charge is 0.216 e. The van der Waals surface area contributed by atoms with E-state index in [9.17, 15) is 0 Å². The normalized spacial score (nSPS) is 19.3. The van der Waals surface area contributed by atoms with Crippen LogP contribution >= 0.6 is 22.9 Å². The van der Waals surface area contributed by atoms with Crippen LogP contribution in [-0.4, -0.2) is 58.8 Å². The fourth-order valence-corrected chi connectivity index (χ4v) is 5.50. The van der Waals surface area contributed by atoms with Gasteiger partial charge in [-0.1, -0.05) is 60.8 Å². The van der Waals surface area contributed by atoms with Crippen LogP contribution in [0.25, 0.3) is 16.2 Å². The third-order valence-corrected chi connectivity index (χ3v) is 7.50. The second kappa shape index (κ2) is 8.73. The minimum atomic E-state index is 0.479. The van der Waals surface area contributed by atoms with Crippen molar-refractivity contribution in [1.29, 1.82) is 0 Å². The van der Waals surface area contributed by atoms with E-state index >= 15 is 0 Å². The number of likely N-dealkylation sites (N-methyl/N-ethyl adjacent to an activating group) is 1. The van der Waals surface area contributed by atoms with Crippen molar-refractivity contribution in [2.24, 2.45) is 0 Å². The summed E-state index contributed by atoms with van der Waals surface area (Å²) >= 11 is 7.81. The zero-order valence-electron chi connectivity index (χ0n) is 17.5. The molecule has 2 fully saturated rings. The number of nitrogens with one attached hydrogen (secondary N) is 1. The highest BCUT2D eigenvalue weighted by molar-refractivity contribution is 7.20. The molecule has 1 saturated carbocycles. The van der Waals surface area contributed by atoms with Gasteiger partial charge in [0.15, 0.2) is 5.82 Å². The molecular weight excluding hydrogens is 416 g/mol. The number of aromatic nitrogens is 3. The summed E-state index contributed by atoms with van der Waals surface area (Å²) in [6.07, 6.45) is 7.69. The van der Waals surface area contributed by atoms with Gasteiger partial charge in [-0.2, -0.15) is 4.52 Å². The van der Waals surface area contributed by atoms with Crippen LogP contribution in [-0.2, 0) is 0 Å². The SMILES string of the molecule is CN1CCN(c2nn3c(NC4CCCCCC4)c(-c4ccc(Cl)cc4)nc3s2)CC1. The number of hydrogen-bond acceptors (Lipinski definition) is 6. The Kier molecular flexibility index (Phi) is 5.85. The molecule has 0 spiro atoms. The van der Waals surface area contributed by atoms with E-state index in [0.29, 0.717) is 6.04 Å². The van der Waals surface area contributed by atoms with E-state index in [-0.39, 0.29) is 0 Å². The molecule has 160 valence electrons. The molecule has 1 aliphatic heterocycles. The summed E-state index contributed by atoms with van der Waals surface area (Å²) in [6, 6.07) is 8.45. The predicted octanol–water partition coefficient (Wildman–Crippen LogP) is 5.00. The Morgan fingerprint density at radius 3 is 2.40 bits per heavy atom. The first-order chi connectivity index (χ1) is 14.7. The molecule has 0 atom stereocenters. The lowest BCUT2D eigenvalue weighted by Gasteiger charge is -2.31. The van der Waals surface area contributed by atoms with Crippen LogP contribution in [0.3, 0.4) is 0 Å². The van der Waals surface area contributed by atoms with Gasteiger partial charge < -0.3 is 15.1 Å². The Hall–Kier alpha value is -1.83. The number of imidazole rings is 1. The molecule has 1 aromatic carbocycles. The number of hydrogen-bond donors (Lipinski definition) is 1. The number of anilines is 2. The van der Waals surface area contributed by atoms with Gasteiger partial charge in [-0.3, -0.25) is 0 Å². The van der Waals surface area contributed by atoms with Crippen LogP contribution in [0.1, 0.15) is 38.5 Å². The highest BCUT2D eigenvalue weighted by atomic mass is 35.5.